The zero-order valence-electron chi connectivity index (χ0n) is 9.98. The highest BCUT2D eigenvalue weighted by molar-refractivity contribution is 5.67. The monoisotopic (exact) mass is 210 g/mol. The van der Waals surface area contributed by atoms with Gasteiger partial charge in [-0.3, -0.25) is 0 Å². The van der Waals surface area contributed by atoms with Gasteiger partial charge in [-0.2, -0.15) is 0 Å². The van der Waals surface area contributed by atoms with Gasteiger partial charge in [-0.1, -0.05) is 68.4 Å². The fraction of sp³-hybridized carbons (Fsp3) is 0.250. The minimum Gasteiger partial charge on any atom is -0.0648 e. The van der Waals surface area contributed by atoms with Crippen LogP contribution in [-0.4, -0.2) is 0 Å². The maximum absolute atomic E-state index is 2.29. The van der Waals surface area contributed by atoms with Gasteiger partial charge in [-0.15, -0.1) is 0 Å². The SMILES string of the molecule is CC[C@H](C)c1ccccc1-c1ccccc1. The standard InChI is InChI=1S/C16H18/c1-3-13(2)15-11-7-8-12-16(15)14-9-5-4-6-10-14/h4-13H,3H2,1-2H3/t13-/m0/s1. The molecule has 1 atom stereocenters. The van der Waals surface area contributed by atoms with E-state index in [2.05, 4.69) is 68.4 Å². The fourth-order valence-corrected chi connectivity index (χ4v) is 2.03. The molecule has 0 nitrogen and oxygen atoms in total. The summed E-state index contributed by atoms with van der Waals surface area (Å²) < 4.78 is 0. The van der Waals surface area contributed by atoms with Crippen LogP contribution in [0.3, 0.4) is 0 Å². The Kier molecular flexibility index (Phi) is 3.40. The summed E-state index contributed by atoms with van der Waals surface area (Å²) >= 11 is 0. The lowest BCUT2D eigenvalue weighted by molar-refractivity contribution is 0.735. The number of benzene rings is 2. The molecule has 0 aliphatic rings. The van der Waals surface area contributed by atoms with Crippen molar-refractivity contribution in [3.05, 3.63) is 60.2 Å². The van der Waals surface area contributed by atoms with Crippen LogP contribution in [0.2, 0.25) is 0 Å². The lowest BCUT2D eigenvalue weighted by atomic mass is 9.90. The van der Waals surface area contributed by atoms with E-state index in [9.17, 15) is 0 Å². The lowest BCUT2D eigenvalue weighted by Gasteiger charge is -2.14. The molecule has 0 N–H and O–H groups in total. The summed E-state index contributed by atoms with van der Waals surface area (Å²) in [5.41, 5.74) is 4.15. The zero-order chi connectivity index (χ0) is 11.4. The summed E-state index contributed by atoms with van der Waals surface area (Å²) in [7, 11) is 0. The first kappa shape index (κ1) is 10.9. The molecule has 0 heteroatoms. The maximum atomic E-state index is 2.29. The quantitative estimate of drug-likeness (QED) is 0.678. The molecule has 0 saturated carbocycles. The molecule has 0 aromatic heterocycles. The highest BCUT2D eigenvalue weighted by atomic mass is 14.1. The molecule has 0 fully saturated rings. The van der Waals surface area contributed by atoms with Crippen LogP contribution in [0.4, 0.5) is 0 Å². The summed E-state index contributed by atoms with van der Waals surface area (Å²) in [5, 5.41) is 0. The molecule has 0 heterocycles. The molecule has 0 aliphatic carbocycles. The van der Waals surface area contributed by atoms with Crippen molar-refractivity contribution >= 4 is 0 Å². The normalized spacial score (nSPS) is 12.4. The van der Waals surface area contributed by atoms with Crippen LogP contribution in [0.1, 0.15) is 31.7 Å². The van der Waals surface area contributed by atoms with Crippen molar-refractivity contribution in [1.82, 2.24) is 0 Å². The predicted octanol–water partition coefficient (Wildman–Crippen LogP) is 4.87. The third kappa shape index (κ3) is 2.16. The molecule has 16 heavy (non-hydrogen) atoms. The van der Waals surface area contributed by atoms with Crippen LogP contribution in [0.5, 0.6) is 0 Å². The van der Waals surface area contributed by atoms with E-state index in [4.69, 9.17) is 0 Å². The van der Waals surface area contributed by atoms with E-state index >= 15 is 0 Å². The predicted molar refractivity (Wildman–Crippen MR) is 70.6 cm³/mol. The van der Waals surface area contributed by atoms with Crippen molar-refractivity contribution in [2.45, 2.75) is 26.2 Å². The summed E-state index contributed by atoms with van der Waals surface area (Å²) in [4.78, 5) is 0. The average Bonchev–Trinajstić information content (AvgIpc) is 2.39. The van der Waals surface area contributed by atoms with Crippen LogP contribution in [-0.2, 0) is 0 Å². The molecule has 2 aromatic rings. The van der Waals surface area contributed by atoms with Gasteiger partial charge >= 0.3 is 0 Å². The number of rotatable bonds is 3. The van der Waals surface area contributed by atoms with Gasteiger partial charge in [0.05, 0.1) is 0 Å². The van der Waals surface area contributed by atoms with E-state index in [1.165, 1.54) is 23.1 Å². The van der Waals surface area contributed by atoms with Gasteiger partial charge in [-0.25, -0.2) is 0 Å². The van der Waals surface area contributed by atoms with E-state index in [0.717, 1.165) is 0 Å². The first-order valence-corrected chi connectivity index (χ1v) is 5.97. The van der Waals surface area contributed by atoms with Crippen LogP contribution in [0.15, 0.2) is 54.6 Å². The van der Waals surface area contributed by atoms with Crippen molar-refractivity contribution in [3.63, 3.8) is 0 Å². The Morgan fingerprint density at radius 3 is 2.19 bits per heavy atom. The van der Waals surface area contributed by atoms with Crippen molar-refractivity contribution in [2.24, 2.45) is 0 Å². The van der Waals surface area contributed by atoms with Crippen molar-refractivity contribution in [1.29, 1.82) is 0 Å². The summed E-state index contributed by atoms with van der Waals surface area (Å²) in [6.45, 7) is 4.54. The van der Waals surface area contributed by atoms with Crippen molar-refractivity contribution in [3.8, 4) is 11.1 Å². The van der Waals surface area contributed by atoms with Crippen LogP contribution < -0.4 is 0 Å². The molecular formula is C16H18. The minimum absolute atomic E-state index is 0.622. The van der Waals surface area contributed by atoms with Crippen LogP contribution >= 0.6 is 0 Å². The van der Waals surface area contributed by atoms with E-state index in [1.807, 2.05) is 0 Å². The molecular weight excluding hydrogens is 192 g/mol. The second-order valence-electron chi connectivity index (χ2n) is 4.26. The molecule has 2 rings (SSSR count). The highest BCUT2D eigenvalue weighted by Crippen LogP contribution is 2.30. The fourth-order valence-electron chi connectivity index (χ4n) is 2.03. The maximum Gasteiger partial charge on any atom is -0.0149 e. The Labute approximate surface area is 97.9 Å². The largest absolute Gasteiger partial charge is 0.0648 e. The van der Waals surface area contributed by atoms with E-state index in [-0.39, 0.29) is 0 Å². The second-order valence-corrected chi connectivity index (χ2v) is 4.26. The van der Waals surface area contributed by atoms with Gasteiger partial charge in [0.15, 0.2) is 0 Å². The van der Waals surface area contributed by atoms with Crippen LogP contribution in [0.25, 0.3) is 11.1 Å². The molecule has 0 amide bonds. The highest BCUT2D eigenvalue weighted by Gasteiger charge is 2.09. The average molecular weight is 210 g/mol. The van der Waals surface area contributed by atoms with E-state index < -0.39 is 0 Å². The van der Waals surface area contributed by atoms with Gasteiger partial charge in [0.2, 0.25) is 0 Å². The zero-order valence-corrected chi connectivity index (χ0v) is 9.98. The summed E-state index contributed by atoms with van der Waals surface area (Å²) in [6.07, 6.45) is 1.18. The summed E-state index contributed by atoms with van der Waals surface area (Å²) in [5.74, 6) is 0.622. The van der Waals surface area contributed by atoms with Gasteiger partial charge in [0, 0.05) is 0 Å². The smallest absolute Gasteiger partial charge is 0.0149 e. The molecule has 2 aromatic carbocycles. The Morgan fingerprint density at radius 1 is 0.875 bits per heavy atom. The molecule has 0 aliphatic heterocycles. The Morgan fingerprint density at radius 2 is 1.50 bits per heavy atom. The van der Waals surface area contributed by atoms with Gasteiger partial charge in [0.25, 0.3) is 0 Å². The number of hydrogen-bond donors (Lipinski definition) is 0. The first-order chi connectivity index (χ1) is 7.83. The Bertz CT molecular complexity index is 443. The topological polar surface area (TPSA) is 0 Å². The third-order valence-corrected chi connectivity index (χ3v) is 3.19. The van der Waals surface area contributed by atoms with Crippen molar-refractivity contribution in [2.75, 3.05) is 0 Å². The van der Waals surface area contributed by atoms with Gasteiger partial charge < -0.3 is 0 Å². The number of hydrogen-bond acceptors (Lipinski definition) is 0. The van der Waals surface area contributed by atoms with Crippen LogP contribution in [0, 0.1) is 0 Å². The summed E-state index contributed by atoms with van der Waals surface area (Å²) in [6, 6.07) is 19.3. The second kappa shape index (κ2) is 4.98. The van der Waals surface area contributed by atoms with E-state index in [1.54, 1.807) is 0 Å². The Hall–Kier alpha value is -1.56. The molecule has 82 valence electrons. The Balaban J connectivity index is 2.49. The molecule has 0 spiro atoms. The van der Waals surface area contributed by atoms with E-state index in [0.29, 0.717) is 5.92 Å². The minimum atomic E-state index is 0.622. The molecule has 0 radical (unpaired) electrons. The lowest BCUT2D eigenvalue weighted by Crippen LogP contribution is -1.94. The van der Waals surface area contributed by atoms with Gasteiger partial charge in [0.1, 0.15) is 0 Å². The molecule has 0 bridgehead atoms. The molecule has 0 unspecified atom stereocenters. The molecule has 0 saturated heterocycles. The van der Waals surface area contributed by atoms with Gasteiger partial charge in [-0.05, 0) is 29.0 Å². The first-order valence-electron chi connectivity index (χ1n) is 5.97. The third-order valence-electron chi connectivity index (χ3n) is 3.19. The van der Waals surface area contributed by atoms with Crippen molar-refractivity contribution < 1.29 is 0 Å².